The van der Waals surface area contributed by atoms with Gasteiger partial charge in [0.1, 0.15) is 6.61 Å². The van der Waals surface area contributed by atoms with Crippen molar-refractivity contribution in [3.05, 3.63) is 64.1 Å². The summed E-state index contributed by atoms with van der Waals surface area (Å²) in [6, 6.07) is 15.5. The van der Waals surface area contributed by atoms with Crippen molar-refractivity contribution in [3.63, 3.8) is 0 Å². The zero-order valence-electron chi connectivity index (χ0n) is 16.1. The van der Waals surface area contributed by atoms with E-state index in [2.05, 4.69) is 28.2 Å². The number of aryl methyl sites for hydroxylation is 1. The predicted molar refractivity (Wildman–Crippen MR) is 114 cm³/mol. The average Bonchev–Trinajstić information content (AvgIpc) is 2.73. The van der Waals surface area contributed by atoms with Gasteiger partial charge < -0.3 is 10.1 Å². The van der Waals surface area contributed by atoms with Gasteiger partial charge in [0.15, 0.2) is 0 Å². The minimum absolute atomic E-state index is 0.0884. The van der Waals surface area contributed by atoms with Gasteiger partial charge >= 0.3 is 5.97 Å². The molecule has 0 saturated heterocycles. The van der Waals surface area contributed by atoms with Crippen LogP contribution in [-0.2, 0) is 27.4 Å². The van der Waals surface area contributed by atoms with Crippen LogP contribution < -0.4 is 5.32 Å². The average molecular weight is 444 g/mol. The van der Waals surface area contributed by atoms with Gasteiger partial charge in [-0.1, -0.05) is 60.0 Å². The topological polar surface area (TPSA) is 55.4 Å². The molecule has 4 nitrogen and oxygen atoms in total. The highest BCUT2D eigenvalue weighted by atomic mass is 79.9. The van der Waals surface area contributed by atoms with Crippen molar-refractivity contribution < 1.29 is 14.3 Å². The third-order valence-corrected chi connectivity index (χ3v) is 5.86. The van der Waals surface area contributed by atoms with Crippen LogP contribution >= 0.6 is 15.9 Å². The number of rotatable bonds is 6. The van der Waals surface area contributed by atoms with Gasteiger partial charge in [-0.25, -0.2) is 0 Å². The molecule has 0 unspecified atom stereocenters. The van der Waals surface area contributed by atoms with E-state index in [4.69, 9.17) is 4.74 Å². The monoisotopic (exact) mass is 443 g/mol. The second kappa shape index (κ2) is 9.87. The smallest absolute Gasteiger partial charge is 0.310 e. The molecule has 0 aromatic heterocycles. The minimum Gasteiger partial charge on any atom is -0.461 e. The first-order valence-corrected chi connectivity index (χ1v) is 10.7. The highest BCUT2D eigenvalue weighted by Gasteiger charge is 2.36. The standard InChI is InChI=1S/C23H26BrNO3/c1-2-16-9-13-19(14-10-16)25-22(26)20-5-3-4-6-21(20)23(27)28-15-17-7-11-18(24)12-8-17/h7-14,20-21H,2-6,15H2,1H3,(H,25,26)/t20-,21+/m0/s1. The van der Waals surface area contributed by atoms with Crippen molar-refractivity contribution in [1.82, 2.24) is 0 Å². The Labute approximate surface area is 174 Å². The summed E-state index contributed by atoms with van der Waals surface area (Å²) < 4.78 is 6.52. The Morgan fingerprint density at radius 2 is 1.57 bits per heavy atom. The van der Waals surface area contributed by atoms with Crippen molar-refractivity contribution in [3.8, 4) is 0 Å². The molecule has 1 aliphatic carbocycles. The number of hydrogen-bond acceptors (Lipinski definition) is 3. The molecule has 0 spiro atoms. The van der Waals surface area contributed by atoms with E-state index in [0.29, 0.717) is 6.42 Å². The van der Waals surface area contributed by atoms with E-state index in [1.54, 1.807) is 0 Å². The molecule has 1 saturated carbocycles. The van der Waals surface area contributed by atoms with Crippen LogP contribution in [0.2, 0.25) is 0 Å². The molecule has 2 aromatic carbocycles. The van der Waals surface area contributed by atoms with Crippen LogP contribution in [0.3, 0.4) is 0 Å². The quantitative estimate of drug-likeness (QED) is 0.599. The third kappa shape index (κ3) is 5.44. The molecule has 0 bridgehead atoms. The van der Waals surface area contributed by atoms with Crippen molar-refractivity contribution in [2.75, 3.05) is 5.32 Å². The number of halogens is 1. The van der Waals surface area contributed by atoms with Gasteiger partial charge in [-0.2, -0.15) is 0 Å². The summed E-state index contributed by atoms with van der Waals surface area (Å²) in [5.41, 5.74) is 2.93. The predicted octanol–water partition coefficient (Wildman–Crippen LogP) is 5.50. The maximum absolute atomic E-state index is 12.8. The van der Waals surface area contributed by atoms with E-state index in [1.807, 2.05) is 48.5 Å². The van der Waals surface area contributed by atoms with Crippen molar-refractivity contribution in [2.45, 2.75) is 45.6 Å². The van der Waals surface area contributed by atoms with Crippen molar-refractivity contribution in [2.24, 2.45) is 11.8 Å². The van der Waals surface area contributed by atoms with Crippen LogP contribution in [0, 0.1) is 11.8 Å². The van der Waals surface area contributed by atoms with Crippen LogP contribution in [-0.4, -0.2) is 11.9 Å². The first-order valence-electron chi connectivity index (χ1n) is 9.87. The van der Waals surface area contributed by atoms with Crippen molar-refractivity contribution >= 4 is 33.5 Å². The van der Waals surface area contributed by atoms with Crippen LogP contribution in [0.4, 0.5) is 5.69 Å². The zero-order chi connectivity index (χ0) is 19.9. The fraction of sp³-hybridized carbons (Fsp3) is 0.391. The van der Waals surface area contributed by atoms with Crippen LogP contribution in [0.25, 0.3) is 0 Å². The fourth-order valence-electron chi connectivity index (χ4n) is 3.63. The lowest BCUT2D eigenvalue weighted by atomic mass is 9.78. The molecule has 28 heavy (non-hydrogen) atoms. The molecule has 1 amide bonds. The molecule has 1 aliphatic rings. The lowest BCUT2D eigenvalue weighted by molar-refractivity contribution is -0.155. The van der Waals surface area contributed by atoms with E-state index >= 15 is 0 Å². The van der Waals surface area contributed by atoms with E-state index < -0.39 is 0 Å². The molecule has 1 N–H and O–H groups in total. The zero-order valence-corrected chi connectivity index (χ0v) is 17.7. The number of carbonyl (C=O) groups excluding carboxylic acids is 2. The number of ether oxygens (including phenoxy) is 1. The molecule has 2 aromatic rings. The van der Waals surface area contributed by atoms with Gasteiger partial charge in [-0.3, -0.25) is 9.59 Å². The Morgan fingerprint density at radius 1 is 0.964 bits per heavy atom. The van der Waals surface area contributed by atoms with Gasteiger partial charge in [0.25, 0.3) is 0 Å². The number of nitrogens with one attached hydrogen (secondary N) is 1. The number of hydrogen-bond donors (Lipinski definition) is 1. The van der Waals surface area contributed by atoms with Gasteiger partial charge in [0.2, 0.25) is 5.91 Å². The number of anilines is 1. The second-order valence-electron chi connectivity index (χ2n) is 7.27. The first kappa shape index (κ1) is 20.6. The molecule has 3 rings (SSSR count). The lowest BCUT2D eigenvalue weighted by Crippen LogP contribution is -2.37. The Balaban J connectivity index is 1.60. The normalized spacial score (nSPS) is 19.1. The summed E-state index contributed by atoms with van der Waals surface area (Å²) in [7, 11) is 0. The molecule has 148 valence electrons. The van der Waals surface area contributed by atoms with Crippen LogP contribution in [0.15, 0.2) is 53.0 Å². The van der Waals surface area contributed by atoms with Crippen LogP contribution in [0.5, 0.6) is 0 Å². The molecule has 0 aliphatic heterocycles. The largest absolute Gasteiger partial charge is 0.461 e. The number of esters is 1. The van der Waals surface area contributed by atoms with E-state index in [-0.39, 0.29) is 30.3 Å². The number of benzene rings is 2. The summed E-state index contributed by atoms with van der Waals surface area (Å²) in [4.78, 5) is 25.5. The maximum Gasteiger partial charge on any atom is 0.310 e. The number of carbonyl (C=O) groups is 2. The Morgan fingerprint density at radius 3 is 2.21 bits per heavy atom. The molecule has 0 heterocycles. The summed E-state index contributed by atoms with van der Waals surface area (Å²) in [6.45, 7) is 2.33. The van der Waals surface area contributed by atoms with E-state index in [1.165, 1.54) is 5.56 Å². The highest BCUT2D eigenvalue weighted by Crippen LogP contribution is 2.32. The Bertz CT molecular complexity index is 802. The van der Waals surface area contributed by atoms with E-state index in [9.17, 15) is 9.59 Å². The SMILES string of the molecule is CCc1ccc(NC(=O)[C@H]2CCCC[C@H]2C(=O)OCc2ccc(Br)cc2)cc1. The summed E-state index contributed by atoms with van der Waals surface area (Å²) in [6.07, 6.45) is 4.29. The Hall–Kier alpha value is -2.14. The summed E-state index contributed by atoms with van der Waals surface area (Å²) in [5, 5.41) is 2.98. The molecular formula is C23H26BrNO3. The highest BCUT2D eigenvalue weighted by molar-refractivity contribution is 9.10. The molecule has 0 radical (unpaired) electrons. The van der Waals surface area contributed by atoms with Gasteiger partial charge in [0, 0.05) is 10.2 Å². The molecule has 2 atom stereocenters. The lowest BCUT2D eigenvalue weighted by Gasteiger charge is -2.29. The summed E-state index contributed by atoms with van der Waals surface area (Å²) >= 11 is 3.39. The second-order valence-corrected chi connectivity index (χ2v) is 8.19. The first-order chi connectivity index (χ1) is 13.6. The third-order valence-electron chi connectivity index (χ3n) is 5.33. The van der Waals surface area contributed by atoms with Gasteiger partial charge in [-0.05, 0) is 54.7 Å². The number of amides is 1. The van der Waals surface area contributed by atoms with E-state index in [0.717, 1.165) is 41.4 Å². The summed E-state index contributed by atoms with van der Waals surface area (Å²) in [5.74, 6) is -1.07. The molecule has 5 heteroatoms. The molecule has 1 fully saturated rings. The van der Waals surface area contributed by atoms with Crippen LogP contribution in [0.1, 0.15) is 43.7 Å². The fourth-order valence-corrected chi connectivity index (χ4v) is 3.89. The van der Waals surface area contributed by atoms with Gasteiger partial charge in [-0.15, -0.1) is 0 Å². The van der Waals surface area contributed by atoms with Gasteiger partial charge in [0.05, 0.1) is 11.8 Å². The molecular weight excluding hydrogens is 418 g/mol. The maximum atomic E-state index is 12.8. The van der Waals surface area contributed by atoms with Crippen molar-refractivity contribution in [1.29, 1.82) is 0 Å². The Kier molecular flexibility index (Phi) is 7.26. The minimum atomic E-state index is -0.376.